The topological polar surface area (TPSA) is 41.1 Å². The normalized spacial score (nSPS) is 9.20. The number of hydrogen-bond acceptors (Lipinski definition) is 1. The molecule has 0 aromatic heterocycles. The lowest BCUT2D eigenvalue weighted by Crippen LogP contribution is -2.19. The number of carbonyl (C=O) groups excluding carboxylic acids is 1. The molecule has 0 atom stereocenters. The molecule has 0 aliphatic carbocycles. The van der Waals surface area contributed by atoms with Gasteiger partial charge in [0.1, 0.15) is 0 Å². The Kier molecular flexibility index (Phi) is 6.30. The number of aryl methyl sites for hydroxylation is 2. The highest BCUT2D eigenvalue weighted by atomic mass is 16.2. The molecule has 0 spiro atoms. The zero-order valence-corrected chi connectivity index (χ0v) is 12.5. The molecular weight excluding hydrogens is 248 g/mol. The number of amides is 2. The van der Waals surface area contributed by atoms with E-state index in [4.69, 9.17) is 0 Å². The first-order valence-electron chi connectivity index (χ1n) is 6.85. The van der Waals surface area contributed by atoms with Gasteiger partial charge in [-0.3, -0.25) is 0 Å². The Morgan fingerprint density at radius 2 is 1.20 bits per heavy atom. The number of nitrogens with one attached hydrogen (secondary N) is 2. The van der Waals surface area contributed by atoms with E-state index in [2.05, 4.69) is 10.6 Å². The Hall–Kier alpha value is -2.29. The summed E-state index contributed by atoms with van der Waals surface area (Å²) in [5, 5.41) is 5.60. The van der Waals surface area contributed by atoms with Crippen molar-refractivity contribution in [2.45, 2.75) is 27.7 Å². The molecule has 20 heavy (non-hydrogen) atoms. The average molecular weight is 270 g/mol. The van der Waals surface area contributed by atoms with Gasteiger partial charge in [-0.05, 0) is 49.2 Å². The van der Waals surface area contributed by atoms with Crippen LogP contribution in [0.4, 0.5) is 16.2 Å². The van der Waals surface area contributed by atoms with Crippen LogP contribution >= 0.6 is 0 Å². The van der Waals surface area contributed by atoms with Crippen LogP contribution in [0.3, 0.4) is 0 Å². The summed E-state index contributed by atoms with van der Waals surface area (Å²) in [7, 11) is 0. The molecule has 2 aromatic rings. The molecule has 3 nitrogen and oxygen atoms in total. The average Bonchev–Trinajstić information content (AvgIpc) is 2.41. The highest BCUT2D eigenvalue weighted by molar-refractivity contribution is 5.99. The van der Waals surface area contributed by atoms with Crippen molar-refractivity contribution in [1.82, 2.24) is 0 Å². The lowest BCUT2D eigenvalue weighted by atomic mass is 10.2. The Morgan fingerprint density at radius 1 is 0.800 bits per heavy atom. The first kappa shape index (κ1) is 15.8. The third kappa shape index (κ3) is 5.14. The maximum atomic E-state index is 11.8. The number of carbonyl (C=O) groups is 1. The second-order valence-electron chi connectivity index (χ2n) is 4.32. The van der Waals surface area contributed by atoms with Gasteiger partial charge in [0.15, 0.2) is 0 Å². The lowest BCUT2D eigenvalue weighted by molar-refractivity contribution is 0.262. The van der Waals surface area contributed by atoms with Gasteiger partial charge in [-0.25, -0.2) is 4.79 Å². The van der Waals surface area contributed by atoms with Crippen LogP contribution in [-0.2, 0) is 0 Å². The summed E-state index contributed by atoms with van der Waals surface area (Å²) in [5.74, 6) is 0. The highest BCUT2D eigenvalue weighted by Gasteiger charge is 2.02. The number of rotatable bonds is 2. The molecule has 0 aliphatic rings. The smallest absolute Gasteiger partial charge is 0.308 e. The second-order valence-corrected chi connectivity index (χ2v) is 4.32. The first-order valence-corrected chi connectivity index (χ1v) is 6.85. The van der Waals surface area contributed by atoms with Crippen molar-refractivity contribution in [3.05, 3.63) is 59.7 Å². The van der Waals surface area contributed by atoms with Crippen molar-refractivity contribution >= 4 is 17.4 Å². The van der Waals surface area contributed by atoms with Gasteiger partial charge in [0, 0.05) is 11.4 Å². The second kappa shape index (κ2) is 8.00. The molecular formula is C17H22N2O. The maximum absolute atomic E-state index is 11.8. The van der Waals surface area contributed by atoms with Gasteiger partial charge >= 0.3 is 6.03 Å². The molecule has 2 amide bonds. The molecule has 0 radical (unpaired) electrons. The number of anilines is 2. The Balaban J connectivity index is 0.000000956. The Bertz CT molecular complexity index is 515. The number of hydrogen-bond donors (Lipinski definition) is 2. The standard InChI is InChI=1S/C15H16N2O.C2H6/c1-11-5-3-7-13(9-11)16-15(18)17-14-8-4-6-12(2)10-14;1-2/h3-10H,1-2H3,(H2,16,17,18);1-2H3. The third-order valence-corrected chi connectivity index (χ3v) is 2.55. The van der Waals surface area contributed by atoms with Gasteiger partial charge < -0.3 is 10.6 Å². The van der Waals surface area contributed by atoms with Crippen LogP contribution < -0.4 is 10.6 Å². The van der Waals surface area contributed by atoms with E-state index >= 15 is 0 Å². The molecule has 0 unspecified atom stereocenters. The minimum Gasteiger partial charge on any atom is -0.308 e. The zero-order chi connectivity index (χ0) is 15.0. The van der Waals surface area contributed by atoms with E-state index in [1.807, 2.05) is 76.2 Å². The van der Waals surface area contributed by atoms with E-state index in [9.17, 15) is 4.79 Å². The van der Waals surface area contributed by atoms with Gasteiger partial charge in [-0.15, -0.1) is 0 Å². The van der Waals surface area contributed by atoms with E-state index in [0.717, 1.165) is 22.5 Å². The van der Waals surface area contributed by atoms with Crippen LogP contribution in [0.25, 0.3) is 0 Å². The van der Waals surface area contributed by atoms with E-state index < -0.39 is 0 Å². The van der Waals surface area contributed by atoms with Gasteiger partial charge in [-0.2, -0.15) is 0 Å². The van der Waals surface area contributed by atoms with Crippen LogP contribution in [-0.4, -0.2) is 6.03 Å². The van der Waals surface area contributed by atoms with E-state index in [0.29, 0.717) is 0 Å². The molecule has 3 heteroatoms. The largest absolute Gasteiger partial charge is 0.323 e. The van der Waals surface area contributed by atoms with Crippen LogP contribution in [0.2, 0.25) is 0 Å². The van der Waals surface area contributed by atoms with Crippen LogP contribution in [0.1, 0.15) is 25.0 Å². The summed E-state index contributed by atoms with van der Waals surface area (Å²) in [6, 6.07) is 15.2. The first-order chi connectivity index (χ1) is 9.63. The highest BCUT2D eigenvalue weighted by Crippen LogP contribution is 2.12. The fourth-order valence-corrected chi connectivity index (χ4v) is 1.74. The fourth-order valence-electron chi connectivity index (χ4n) is 1.74. The molecule has 0 fully saturated rings. The van der Waals surface area contributed by atoms with Crippen molar-refractivity contribution in [3.8, 4) is 0 Å². The summed E-state index contributed by atoms with van der Waals surface area (Å²) in [6.07, 6.45) is 0. The van der Waals surface area contributed by atoms with Crippen molar-refractivity contribution in [3.63, 3.8) is 0 Å². The Labute approximate surface area is 121 Å². The van der Waals surface area contributed by atoms with Gasteiger partial charge in [-0.1, -0.05) is 38.1 Å². The minimum absolute atomic E-state index is 0.230. The molecule has 0 bridgehead atoms. The summed E-state index contributed by atoms with van der Waals surface area (Å²) >= 11 is 0. The summed E-state index contributed by atoms with van der Waals surface area (Å²) in [6.45, 7) is 7.98. The number of benzene rings is 2. The van der Waals surface area contributed by atoms with Gasteiger partial charge in [0.05, 0.1) is 0 Å². The van der Waals surface area contributed by atoms with Gasteiger partial charge in [0.25, 0.3) is 0 Å². The zero-order valence-electron chi connectivity index (χ0n) is 12.5. The minimum atomic E-state index is -0.230. The maximum Gasteiger partial charge on any atom is 0.323 e. The number of urea groups is 1. The molecule has 2 rings (SSSR count). The molecule has 0 saturated heterocycles. The monoisotopic (exact) mass is 270 g/mol. The molecule has 0 heterocycles. The molecule has 2 N–H and O–H groups in total. The Morgan fingerprint density at radius 3 is 1.55 bits per heavy atom. The van der Waals surface area contributed by atoms with Crippen LogP contribution in [0.5, 0.6) is 0 Å². The van der Waals surface area contributed by atoms with E-state index in [1.54, 1.807) is 0 Å². The molecule has 2 aromatic carbocycles. The van der Waals surface area contributed by atoms with Crippen LogP contribution in [0, 0.1) is 13.8 Å². The van der Waals surface area contributed by atoms with Crippen molar-refractivity contribution < 1.29 is 4.79 Å². The van der Waals surface area contributed by atoms with E-state index in [-0.39, 0.29) is 6.03 Å². The van der Waals surface area contributed by atoms with E-state index in [1.165, 1.54) is 0 Å². The van der Waals surface area contributed by atoms with Crippen molar-refractivity contribution in [1.29, 1.82) is 0 Å². The summed E-state index contributed by atoms with van der Waals surface area (Å²) in [4.78, 5) is 11.8. The van der Waals surface area contributed by atoms with Crippen LogP contribution in [0.15, 0.2) is 48.5 Å². The summed E-state index contributed by atoms with van der Waals surface area (Å²) in [5.41, 5.74) is 3.81. The predicted octanol–water partition coefficient (Wildman–Crippen LogP) is 4.97. The lowest BCUT2D eigenvalue weighted by Gasteiger charge is -2.08. The molecule has 0 saturated carbocycles. The van der Waals surface area contributed by atoms with Crippen molar-refractivity contribution in [2.24, 2.45) is 0 Å². The molecule has 106 valence electrons. The third-order valence-electron chi connectivity index (χ3n) is 2.55. The molecule has 0 aliphatic heterocycles. The fraction of sp³-hybridized carbons (Fsp3) is 0.235. The van der Waals surface area contributed by atoms with Gasteiger partial charge in [0.2, 0.25) is 0 Å². The predicted molar refractivity (Wildman–Crippen MR) is 86.3 cm³/mol. The SMILES string of the molecule is CC.Cc1cccc(NC(=O)Nc2cccc(C)c2)c1. The quantitative estimate of drug-likeness (QED) is 0.794. The summed E-state index contributed by atoms with van der Waals surface area (Å²) < 4.78 is 0. The van der Waals surface area contributed by atoms with Crippen molar-refractivity contribution in [2.75, 3.05) is 10.6 Å².